The van der Waals surface area contributed by atoms with Crippen LogP contribution < -0.4 is 5.32 Å². The van der Waals surface area contributed by atoms with Gasteiger partial charge in [-0.3, -0.25) is 29.7 Å². The van der Waals surface area contributed by atoms with E-state index < -0.39 is 27.1 Å². The Morgan fingerprint density at radius 1 is 1.03 bits per heavy atom. The van der Waals surface area contributed by atoms with Crippen molar-refractivity contribution in [3.8, 4) is 11.3 Å². The number of carbonyl (C=O) groups excluding carboxylic acids is 1. The Hall–Kier alpha value is -4.67. The van der Waals surface area contributed by atoms with E-state index in [1.54, 1.807) is 48.3 Å². The van der Waals surface area contributed by atoms with Crippen LogP contribution in [0.1, 0.15) is 21.6 Å². The Balaban J connectivity index is 1.83. The van der Waals surface area contributed by atoms with Crippen LogP contribution in [-0.2, 0) is 7.05 Å². The normalized spacial score (nSPS) is 10.9. The van der Waals surface area contributed by atoms with Gasteiger partial charge >= 0.3 is 0 Å². The summed E-state index contributed by atoms with van der Waals surface area (Å²) in [6.45, 7) is 3.12. The molecule has 0 atom stereocenters. The van der Waals surface area contributed by atoms with Crippen LogP contribution in [0, 0.1) is 34.1 Å². The van der Waals surface area contributed by atoms with E-state index in [2.05, 4.69) is 15.4 Å². The highest BCUT2D eigenvalue weighted by atomic mass is 16.6. The number of hydrogen-bond acceptors (Lipinski definition) is 7. The number of hydrogen-bond donors (Lipinski definition) is 1. The first-order chi connectivity index (χ1) is 15.7. The summed E-state index contributed by atoms with van der Waals surface area (Å²) in [6, 6.07) is 10.9. The van der Waals surface area contributed by atoms with Gasteiger partial charge in [0, 0.05) is 36.3 Å². The van der Waals surface area contributed by atoms with Crippen molar-refractivity contribution in [3.63, 3.8) is 0 Å². The minimum Gasteiger partial charge on any atom is -0.321 e. The van der Waals surface area contributed by atoms with Crippen molar-refractivity contribution >= 4 is 33.9 Å². The second kappa shape index (κ2) is 8.11. The van der Waals surface area contributed by atoms with E-state index in [0.717, 1.165) is 23.4 Å². The average Bonchev–Trinajstić information content (AvgIpc) is 3.11. The largest absolute Gasteiger partial charge is 0.321 e. The van der Waals surface area contributed by atoms with Crippen LogP contribution in [0.3, 0.4) is 0 Å². The third kappa shape index (κ3) is 3.99. The Morgan fingerprint density at radius 3 is 2.24 bits per heavy atom. The van der Waals surface area contributed by atoms with E-state index in [9.17, 15) is 25.0 Å². The fourth-order valence-corrected chi connectivity index (χ4v) is 3.69. The SMILES string of the molecule is Cc1nn(C)cc1-c1cc(C(=O)Nc2cc([N+](=O)[O-])c(C)c([N+](=O)[O-])c2)c2ccccc2n1. The lowest BCUT2D eigenvalue weighted by Crippen LogP contribution is -2.14. The molecule has 0 bridgehead atoms. The molecule has 166 valence electrons. The molecule has 2 aromatic carbocycles. The number of para-hydroxylation sites is 1. The summed E-state index contributed by atoms with van der Waals surface area (Å²) >= 11 is 0. The molecule has 11 heteroatoms. The summed E-state index contributed by atoms with van der Waals surface area (Å²) in [4.78, 5) is 39.2. The van der Waals surface area contributed by atoms with Gasteiger partial charge in [0.05, 0.1) is 38.0 Å². The molecular weight excluding hydrogens is 428 g/mol. The van der Waals surface area contributed by atoms with Gasteiger partial charge in [0.2, 0.25) is 0 Å². The Morgan fingerprint density at radius 2 is 1.67 bits per heavy atom. The molecule has 0 spiro atoms. The van der Waals surface area contributed by atoms with Gasteiger partial charge in [0.1, 0.15) is 5.56 Å². The molecule has 0 aliphatic rings. The second-order valence-corrected chi connectivity index (χ2v) is 7.48. The molecule has 1 N–H and O–H groups in total. The number of nitro groups is 2. The number of rotatable bonds is 5. The van der Waals surface area contributed by atoms with Crippen LogP contribution in [0.2, 0.25) is 0 Å². The summed E-state index contributed by atoms with van der Waals surface area (Å²) in [5.74, 6) is -0.580. The van der Waals surface area contributed by atoms with Crippen LogP contribution >= 0.6 is 0 Å². The lowest BCUT2D eigenvalue weighted by molar-refractivity contribution is -0.395. The molecular formula is C22H18N6O5. The van der Waals surface area contributed by atoms with E-state index in [-0.39, 0.29) is 16.8 Å². The van der Waals surface area contributed by atoms with Crippen molar-refractivity contribution in [1.82, 2.24) is 14.8 Å². The zero-order chi connectivity index (χ0) is 23.9. The maximum atomic E-state index is 13.2. The van der Waals surface area contributed by atoms with E-state index in [4.69, 9.17) is 0 Å². The lowest BCUT2D eigenvalue weighted by Gasteiger charge is -2.11. The molecule has 0 aliphatic heterocycles. The van der Waals surface area contributed by atoms with Crippen molar-refractivity contribution in [1.29, 1.82) is 0 Å². The van der Waals surface area contributed by atoms with Gasteiger partial charge in [-0.15, -0.1) is 0 Å². The van der Waals surface area contributed by atoms with E-state index >= 15 is 0 Å². The van der Waals surface area contributed by atoms with Crippen LogP contribution in [0.5, 0.6) is 0 Å². The van der Waals surface area contributed by atoms with Crippen LogP contribution in [0.4, 0.5) is 17.1 Å². The zero-order valence-corrected chi connectivity index (χ0v) is 17.9. The number of anilines is 1. The monoisotopic (exact) mass is 446 g/mol. The number of nitrogens with zero attached hydrogens (tertiary/aromatic N) is 5. The Bertz CT molecular complexity index is 1420. The Kier molecular flexibility index (Phi) is 5.30. The van der Waals surface area contributed by atoms with E-state index in [1.165, 1.54) is 6.92 Å². The van der Waals surface area contributed by atoms with Gasteiger partial charge in [-0.25, -0.2) is 4.98 Å². The van der Waals surface area contributed by atoms with Crippen molar-refractivity contribution < 1.29 is 14.6 Å². The molecule has 0 radical (unpaired) electrons. The van der Waals surface area contributed by atoms with Crippen molar-refractivity contribution in [3.05, 3.63) is 85.7 Å². The van der Waals surface area contributed by atoms with Gasteiger partial charge in [0.15, 0.2) is 0 Å². The number of amides is 1. The highest BCUT2D eigenvalue weighted by Gasteiger charge is 2.24. The molecule has 0 aliphatic carbocycles. The third-order valence-corrected chi connectivity index (χ3v) is 5.25. The molecule has 0 fully saturated rings. The highest BCUT2D eigenvalue weighted by Crippen LogP contribution is 2.33. The summed E-state index contributed by atoms with van der Waals surface area (Å²) < 4.78 is 1.64. The fourth-order valence-electron chi connectivity index (χ4n) is 3.69. The first kappa shape index (κ1) is 21.6. The topological polar surface area (TPSA) is 146 Å². The number of carbonyl (C=O) groups is 1. The standard InChI is InChI=1S/C22H18N6O5/c1-12-20(27(30)31)8-14(9-21(12)28(32)33)23-22(29)16-10-19(17-11-26(3)25-13(17)2)24-18-7-5-4-6-15(16)18/h4-11H,1-3H3,(H,23,29). The van der Waals surface area contributed by atoms with Crippen LogP contribution in [-0.4, -0.2) is 30.5 Å². The summed E-state index contributed by atoms with van der Waals surface area (Å²) in [6.07, 6.45) is 1.79. The molecule has 0 saturated heterocycles. The maximum absolute atomic E-state index is 13.2. The number of nitro benzene ring substituents is 2. The number of aromatic nitrogens is 3. The van der Waals surface area contributed by atoms with Crippen molar-refractivity contribution in [2.24, 2.45) is 7.05 Å². The van der Waals surface area contributed by atoms with Crippen LogP contribution in [0.15, 0.2) is 48.7 Å². The van der Waals surface area contributed by atoms with Gasteiger partial charge in [-0.2, -0.15) is 5.10 Å². The predicted molar refractivity (Wildman–Crippen MR) is 121 cm³/mol. The van der Waals surface area contributed by atoms with E-state index in [0.29, 0.717) is 16.6 Å². The molecule has 0 unspecified atom stereocenters. The number of benzene rings is 2. The molecule has 33 heavy (non-hydrogen) atoms. The molecule has 2 heterocycles. The summed E-state index contributed by atoms with van der Waals surface area (Å²) in [5.41, 5.74) is 1.81. The third-order valence-electron chi connectivity index (χ3n) is 5.25. The van der Waals surface area contributed by atoms with Gasteiger partial charge < -0.3 is 5.32 Å². The maximum Gasteiger partial charge on any atom is 0.281 e. The van der Waals surface area contributed by atoms with Gasteiger partial charge in [-0.05, 0) is 26.0 Å². The highest BCUT2D eigenvalue weighted by molar-refractivity contribution is 6.13. The van der Waals surface area contributed by atoms with Crippen LogP contribution in [0.25, 0.3) is 22.2 Å². The predicted octanol–water partition coefficient (Wildman–Crippen LogP) is 4.32. The zero-order valence-electron chi connectivity index (χ0n) is 17.9. The van der Waals surface area contributed by atoms with Gasteiger partial charge in [0.25, 0.3) is 17.3 Å². The molecule has 4 rings (SSSR count). The summed E-state index contributed by atoms with van der Waals surface area (Å²) in [7, 11) is 1.78. The second-order valence-electron chi connectivity index (χ2n) is 7.48. The minimum atomic E-state index is -0.719. The minimum absolute atomic E-state index is 0.0519. The van der Waals surface area contributed by atoms with Crippen molar-refractivity contribution in [2.75, 3.05) is 5.32 Å². The summed E-state index contributed by atoms with van der Waals surface area (Å²) in [5, 5.41) is 30.2. The number of aryl methyl sites for hydroxylation is 2. The van der Waals surface area contributed by atoms with Gasteiger partial charge in [-0.1, -0.05) is 18.2 Å². The van der Waals surface area contributed by atoms with Crippen molar-refractivity contribution in [2.45, 2.75) is 13.8 Å². The molecule has 11 nitrogen and oxygen atoms in total. The smallest absolute Gasteiger partial charge is 0.281 e. The fraction of sp³-hybridized carbons (Fsp3) is 0.136. The first-order valence-corrected chi connectivity index (χ1v) is 9.81. The quantitative estimate of drug-likeness (QED) is 0.355. The molecule has 0 saturated carbocycles. The lowest BCUT2D eigenvalue weighted by atomic mass is 10.0. The first-order valence-electron chi connectivity index (χ1n) is 9.81. The number of nitrogens with one attached hydrogen (secondary N) is 1. The molecule has 4 aromatic rings. The molecule has 1 amide bonds. The Labute approximate surface area is 187 Å². The number of pyridine rings is 1. The number of fused-ring (bicyclic) bond motifs is 1. The van der Waals surface area contributed by atoms with E-state index in [1.807, 2.05) is 6.92 Å². The average molecular weight is 446 g/mol. The molecule has 2 aromatic heterocycles.